The molecule has 1 atom stereocenters. The van der Waals surface area contributed by atoms with Crippen molar-refractivity contribution >= 4 is 29.2 Å². The number of hydrogen-bond donors (Lipinski definition) is 1. The fraction of sp³-hybridized carbons (Fsp3) is 0.429. The van der Waals surface area contributed by atoms with Gasteiger partial charge < -0.3 is 9.47 Å². The van der Waals surface area contributed by atoms with E-state index >= 15 is 0 Å². The summed E-state index contributed by atoms with van der Waals surface area (Å²) < 4.78 is 9.96. The Balaban J connectivity index is 2.94. The standard InChI is InChI=1S/C14H19ClN2O4/c1-5-21-14(19)9(2)16-17(10(3)18)11-6-7-13(20-4)12(15)8-11/h6-9,16H,5H2,1-4H3. The summed E-state index contributed by atoms with van der Waals surface area (Å²) in [6, 6.07) is 4.21. The third kappa shape index (κ3) is 4.61. The molecule has 1 rings (SSSR count). The zero-order valence-corrected chi connectivity index (χ0v) is 13.2. The van der Waals surface area contributed by atoms with Crippen molar-refractivity contribution in [2.75, 3.05) is 18.7 Å². The number of halogens is 1. The second-order valence-electron chi connectivity index (χ2n) is 4.28. The molecule has 0 aliphatic heterocycles. The minimum atomic E-state index is -0.672. The molecule has 1 aromatic rings. The summed E-state index contributed by atoms with van der Waals surface area (Å²) in [5.41, 5.74) is 3.30. The maximum atomic E-state index is 11.8. The SMILES string of the molecule is CCOC(=O)C(C)NN(C(C)=O)c1ccc(OC)c(Cl)c1. The van der Waals surface area contributed by atoms with Crippen molar-refractivity contribution in [2.45, 2.75) is 26.8 Å². The number of esters is 1. The van der Waals surface area contributed by atoms with E-state index < -0.39 is 12.0 Å². The number of benzene rings is 1. The zero-order chi connectivity index (χ0) is 16.0. The fourth-order valence-corrected chi connectivity index (χ4v) is 1.91. The van der Waals surface area contributed by atoms with Crippen LogP contribution >= 0.6 is 11.6 Å². The molecule has 0 saturated heterocycles. The van der Waals surface area contributed by atoms with Crippen molar-refractivity contribution in [1.29, 1.82) is 0 Å². The van der Waals surface area contributed by atoms with Gasteiger partial charge >= 0.3 is 5.97 Å². The molecule has 0 aromatic heterocycles. The van der Waals surface area contributed by atoms with Gasteiger partial charge in [0.05, 0.1) is 24.4 Å². The van der Waals surface area contributed by atoms with E-state index in [1.54, 1.807) is 32.0 Å². The molecular weight excluding hydrogens is 296 g/mol. The second-order valence-corrected chi connectivity index (χ2v) is 4.68. The lowest BCUT2D eigenvalue weighted by atomic mass is 10.3. The maximum absolute atomic E-state index is 11.8. The molecule has 0 fully saturated rings. The quantitative estimate of drug-likeness (QED) is 0.644. The zero-order valence-electron chi connectivity index (χ0n) is 12.5. The van der Waals surface area contributed by atoms with E-state index in [9.17, 15) is 9.59 Å². The van der Waals surface area contributed by atoms with Crippen LogP contribution < -0.4 is 15.2 Å². The number of hydrazine groups is 1. The Morgan fingerprint density at radius 3 is 2.57 bits per heavy atom. The molecule has 6 nitrogen and oxygen atoms in total. The highest BCUT2D eigenvalue weighted by Gasteiger charge is 2.21. The van der Waals surface area contributed by atoms with Crippen molar-refractivity contribution in [3.05, 3.63) is 23.2 Å². The molecule has 0 saturated carbocycles. The normalized spacial score (nSPS) is 11.7. The van der Waals surface area contributed by atoms with Crippen molar-refractivity contribution in [3.8, 4) is 5.75 Å². The van der Waals surface area contributed by atoms with Gasteiger partial charge in [-0.15, -0.1) is 0 Å². The number of carbonyl (C=O) groups excluding carboxylic acids is 2. The smallest absolute Gasteiger partial charge is 0.324 e. The van der Waals surface area contributed by atoms with Crippen molar-refractivity contribution < 1.29 is 19.1 Å². The van der Waals surface area contributed by atoms with Gasteiger partial charge in [-0.3, -0.25) is 9.59 Å². The number of ether oxygens (including phenoxy) is 2. The predicted molar refractivity (Wildman–Crippen MR) is 80.4 cm³/mol. The van der Waals surface area contributed by atoms with Gasteiger partial charge in [0.25, 0.3) is 0 Å². The van der Waals surface area contributed by atoms with Crippen LogP contribution in [0.1, 0.15) is 20.8 Å². The number of nitrogens with one attached hydrogen (secondary N) is 1. The summed E-state index contributed by atoms with van der Waals surface area (Å²) in [5, 5.41) is 1.61. The second kappa shape index (κ2) is 7.85. The Kier molecular flexibility index (Phi) is 6.45. The van der Waals surface area contributed by atoms with E-state index in [0.29, 0.717) is 16.5 Å². The number of anilines is 1. The van der Waals surface area contributed by atoms with Crippen LogP contribution in [0.4, 0.5) is 5.69 Å². The average molecular weight is 315 g/mol. The number of nitrogens with zero attached hydrogens (tertiary/aromatic N) is 1. The molecule has 1 aromatic carbocycles. The van der Waals surface area contributed by atoms with Gasteiger partial charge in [0.1, 0.15) is 11.8 Å². The third-order valence-corrected chi connectivity index (χ3v) is 2.97. The van der Waals surface area contributed by atoms with Crippen LogP contribution in [-0.4, -0.2) is 31.6 Å². The van der Waals surface area contributed by atoms with E-state index in [0.717, 1.165) is 0 Å². The molecule has 116 valence electrons. The van der Waals surface area contributed by atoms with E-state index in [1.807, 2.05) is 0 Å². The molecule has 21 heavy (non-hydrogen) atoms. The maximum Gasteiger partial charge on any atom is 0.324 e. The Hall–Kier alpha value is -1.79. The average Bonchev–Trinajstić information content (AvgIpc) is 2.44. The monoisotopic (exact) mass is 314 g/mol. The number of amides is 1. The first kappa shape index (κ1) is 17.3. The molecule has 1 amide bonds. The van der Waals surface area contributed by atoms with E-state index in [4.69, 9.17) is 21.1 Å². The van der Waals surface area contributed by atoms with Gasteiger partial charge in [-0.05, 0) is 32.0 Å². The molecule has 0 spiro atoms. The molecule has 1 unspecified atom stereocenters. The van der Waals surface area contributed by atoms with Crippen molar-refractivity contribution in [2.24, 2.45) is 0 Å². The van der Waals surface area contributed by atoms with Gasteiger partial charge in [-0.2, -0.15) is 0 Å². The molecule has 0 bridgehead atoms. The summed E-state index contributed by atoms with van der Waals surface area (Å²) in [7, 11) is 1.50. The molecule has 7 heteroatoms. The highest BCUT2D eigenvalue weighted by Crippen LogP contribution is 2.28. The van der Waals surface area contributed by atoms with Crippen LogP contribution in [0.15, 0.2) is 18.2 Å². The molecule has 0 aliphatic carbocycles. The molecule has 1 N–H and O–H groups in total. The minimum absolute atomic E-state index is 0.277. The Morgan fingerprint density at radius 1 is 1.43 bits per heavy atom. The Bertz CT molecular complexity index is 522. The highest BCUT2D eigenvalue weighted by atomic mass is 35.5. The fourth-order valence-electron chi connectivity index (χ4n) is 1.66. The number of rotatable bonds is 6. The van der Waals surface area contributed by atoms with E-state index in [2.05, 4.69) is 5.43 Å². The minimum Gasteiger partial charge on any atom is -0.495 e. The van der Waals surface area contributed by atoms with Crippen LogP contribution in [-0.2, 0) is 14.3 Å². The van der Waals surface area contributed by atoms with Crippen molar-refractivity contribution in [1.82, 2.24) is 5.43 Å². The lowest BCUT2D eigenvalue weighted by Gasteiger charge is -2.25. The largest absolute Gasteiger partial charge is 0.495 e. The summed E-state index contributed by atoms with van der Waals surface area (Å²) >= 11 is 6.04. The first-order valence-corrected chi connectivity index (χ1v) is 6.85. The van der Waals surface area contributed by atoms with Gasteiger partial charge in [0.15, 0.2) is 0 Å². The lowest BCUT2D eigenvalue weighted by molar-refractivity contribution is -0.145. The highest BCUT2D eigenvalue weighted by molar-refractivity contribution is 6.32. The van der Waals surface area contributed by atoms with Crippen LogP contribution in [0.25, 0.3) is 0 Å². The molecule has 0 radical (unpaired) electrons. The summed E-state index contributed by atoms with van der Waals surface area (Å²) in [5.74, 6) is -0.224. The topological polar surface area (TPSA) is 67.9 Å². The van der Waals surface area contributed by atoms with Crippen LogP contribution in [0.2, 0.25) is 5.02 Å². The Labute approximate surface area is 128 Å². The van der Waals surface area contributed by atoms with Gasteiger partial charge in [0, 0.05) is 6.92 Å². The van der Waals surface area contributed by atoms with Crippen LogP contribution in [0, 0.1) is 0 Å². The summed E-state index contributed by atoms with van der Waals surface area (Å²) in [6.45, 7) is 4.98. The first-order valence-electron chi connectivity index (χ1n) is 6.47. The summed E-state index contributed by atoms with van der Waals surface area (Å²) in [6.07, 6.45) is 0. The third-order valence-electron chi connectivity index (χ3n) is 2.67. The lowest BCUT2D eigenvalue weighted by Crippen LogP contribution is -2.50. The van der Waals surface area contributed by atoms with Crippen LogP contribution in [0.5, 0.6) is 5.75 Å². The van der Waals surface area contributed by atoms with Crippen LogP contribution in [0.3, 0.4) is 0 Å². The summed E-state index contributed by atoms with van der Waals surface area (Å²) in [4.78, 5) is 23.4. The number of methoxy groups -OCH3 is 1. The number of carbonyl (C=O) groups is 2. The van der Waals surface area contributed by atoms with E-state index in [-0.39, 0.29) is 12.5 Å². The van der Waals surface area contributed by atoms with Gasteiger partial charge in [-0.1, -0.05) is 11.6 Å². The first-order chi connectivity index (χ1) is 9.90. The van der Waals surface area contributed by atoms with Gasteiger partial charge in [-0.25, -0.2) is 10.4 Å². The van der Waals surface area contributed by atoms with Crippen molar-refractivity contribution in [3.63, 3.8) is 0 Å². The molecule has 0 aliphatic rings. The molecular formula is C14H19ClN2O4. The van der Waals surface area contributed by atoms with Gasteiger partial charge in [0.2, 0.25) is 5.91 Å². The molecule has 0 heterocycles. The predicted octanol–water partition coefficient (Wildman–Crippen LogP) is 2.16. The number of hydrogen-bond acceptors (Lipinski definition) is 5. The Morgan fingerprint density at radius 2 is 2.10 bits per heavy atom. The van der Waals surface area contributed by atoms with E-state index in [1.165, 1.54) is 19.0 Å².